The summed E-state index contributed by atoms with van der Waals surface area (Å²) in [5, 5.41) is 13.7. The van der Waals surface area contributed by atoms with Gasteiger partial charge in [0.05, 0.1) is 13.2 Å². The average Bonchev–Trinajstić information content (AvgIpc) is 2.93. The summed E-state index contributed by atoms with van der Waals surface area (Å²) >= 11 is 1.59. The van der Waals surface area contributed by atoms with Crippen LogP contribution in [0.1, 0.15) is 29.7 Å². The second-order valence-corrected chi connectivity index (χ2v) is 5.64. The summed E-state index contributed by atoms with van der Waals surface area (Å²) in [5.41, 5.74) is 0.940. The zero-order valence-electron chi connectivity index (χ0n) is 11.4. The highest BCUT2D eigenvalue weighted by Gasteiger charge is 2.21. The van der Waals surface area contributed by atoms with E-state index in [-0.39, 0.29) is 18.4 Å². The van der Waals surface area contributed by atoms with Crippen LogP contribution in [0, 0.1) is 17.8 Å². The second-order valence-electron chi connectivity index (χ2n) is 4.64. The van der Waals surface area contributed by atoms with Crippen LogP contribution in [-0.4, -0.2) is 30.8 Å². The van der Waals surface area contributed by atoms with Gasteiger partial charge in [-0.3, -0.25) is 4.79 Å². The molecule has 0 aromatic carbocycles. The first-order valence-electron chi connectivity index (χ1n) is 6.83. The van der Waals surface area contributed by atoms with Crippen molar-refractivity contribution in [2.45, 2.75) is 25.8 Å². The third kappa shape index (κ3) is 4.34. The number of hydrogen-bond donors (Lipinski definition) is 2. The van der Waals surface area contributed by atoms with Gasteiger partial charge in [-0.25, -0.2) is 0 Å². The molecule has 20 heavy (non-hydrogen) atoms. The van der Waals surface area contributed by atoms with Gasteiger partial charge in [0.15, 0.2) is 0 Å². The standard InChI is InChI=1S/C15H19NO3S/c17-7-2-1-3-12-6-10-20-14(12)11-16-15(18)13-4-8-19-9-5-13/h6,10,13,17H,2,4-5,7-9,11H2,(H,16,18). The van der Waals surface area contributed by atoms with Crippen LogP contribution in [-0.2, 0) is 16.1 Å². The van der Waals surface area contributed by atoms with Crippen LogP contribution in [0.5, 0.6) is 0 Å². The maximum absolute atomic E-state index is 12.0. The predicted octanol–water partition coefficient (Wildman–Crippen LogP) is 1.52. The summed E-state index contributed by atoms with van der Waals surface area (Å²) in [4.78, 5) is 13.1. The van der Waals surface area contributed by atoms with Crippen LogP contribution in [0.4, 0.5) is 0 Å². The molecule has 1 aliphatic rings. The topological polar surface area (TPSA) is 58.6 Å². The van der Waals surface area contributed by atoms with Crippen LogP contribution in [0.15, 0.2) is 11.4 Å². The van der Waals surface area contributed by atoms with Crippen molar-refractivity contribution < 1.29 is 14.6 Å². The lowest BCUT2D eigenvalue weighted by molar-refractivity contribution is -0.128. The molecular weight excluding hydrogens is 274 g/mol. The molecule has 1 aliphatic heterocycles. The number of hydrogen-bond acceptors (Lipinski definition) is 4. The van der Waals surface area contributed by atoms with E-state index >= 15 is 0 Å². The van der Waals surface area contributed by atoms with Gasteiger partial charge in [-0.05, 0) is 24.3 Å². The van der Waals surface area contributed by atoms with Crippen molar-refractivity contribution in [2.24, 2.45) is 5.92 Å². The normalized spacial score (nSPS) is 15.4. The zero-order valence-corrected chi connectivity index (χ0v) is 12.2. The van der Waals surface area contributed by atoms with Gasteiger partial charge < -0.3 is 15.2 Å². The largest absolute Gasteiger partial charge is 0.395 e. The van der Waals surface area contributed by atoms with Crippen molar-refractivity contribution in [3.63, 3.8) is 0 Å². The van der Waals surface area contributed by atoms with E-state index in [0.717, 1.165) is 23.3 Å². The Hall–Kier alpha value is -1.35. The predicted molar refractivity (Wildman–Crippen MR) is 78.3 cm³/mol. The minimum Gasteiger partial charge on any atom is -0.395 e. The Morgan fingerprint density at radius 1 is 1.50 bits per heavy atom. The van der Waals surface area contributed by atoms with Crippen LogP contribution >= 0.6 is 11.3 Å². The molecule has 2 rings (SSSR count). The molecule has 0 atom stereocenters. The van der Waals surface area contributed by atoms with Gasteiger partial charge in [0.1, 0.15) is 0 Å². The third-order valence-corrected chi connectivity index (χ3v) is 4.14. The van der Waals surface area contributed by atoms with E-state index < -0.39 is 0 Å². The molecule has 0 bridgehead atoms. The first kappa shape index (κ1) is 15.0. The summed E-state index contributed by atoms with van der Waals surface area (Å²) < 4.78 is 5.26. The number of aliphatic hydroxyl groups excluding tert-OH is 1. The Kier molecular flexibility index (Phi) is 6.06. The fraction of sp³-hybridized carbons (Fsp3) is 0.533. The molecule has 0 radical (unpaired) electrons. The van der Waals surface area contributed by atoms with Gasteiger partial charge in [-0.15, -0.1) is 11.3 Å². The van der Waals surface area contributed by atoms with Gasteiger partial charge in [0.25, 0.3) is 0 Å². The van der Waals surface area contributed by atoms with Gasteiger partial charge in [0, 0.05) is 36.0 Å². The smallest absolute Gasteiger partial charge is 0.223 e. The second kappa shape index (κ2) is 8.05. The zero-order chi connectivity index (χ0) is 14.2. The molecule has 0 saturated carbocycles. The molecule has 108 valence electrons. The van der Waals surface area contributed by atoms with Crippen molar-refractivity contribution >= 4 is 17.2 Å². The molecule has 4 nitrogen and oxygen atoms in total. The highest BCUT2D eigenvalue weighted by molar-refractivity contribution is 7.10. The van der Waals surface area contributed by atoms with E-state index in [1.807, 2.05) is 11.4 Å². The summed E-state index contributed by atoms with van der Waals surface area (Å²) in [6.07, 6.45) is 2.09. The number of aliphatic hydroxyl groups is 1. The Morgan fingerprint density at radius 2 is 2.30 bits per heavy atom. The molecule has 2 heterocycles. The number of carbonyl (C=O) groups excluding carboxylic acids is 1. The maximum atomic E-state index is 12.0. The number of amides is 1. The van der Waals surface area contributed by atoms with Crippen LogP contribution in [0.2, 0.25) is 0 Å². The minimum absolute atomic E-state index is 0.0763. The SMILES string of the molecule is O=C(NCc1sccc1C#CCCO)C1CCOCC1. The number of thiophene rings is 1. The summed E-state index contributed by atoms with van der Waals surface area (Å²) in [6.45, 7) is 1.95. The highest BCUT2D eigenvalue weighted by Crippen LogP contribution is 2.18. The molecule has 0 unspecified atom stereocenters. The molecule has 1 aromatic rings. The van der Waals surface area contributed by atoms with Crippen molar-refractivity contribution in [3.05, 3.63) is 21.9 Å². The Labute approximate surface area is 123 Å². The van der Waals surface area contributed by atoms with E-state index in [1.54, 1.807) is 11.3 Å². The minimum atomic E-state index is 0.0763. The molecular formula is C15H19NO3S. The number of rotatable bonds is 4. The van der Waals surface area contributed by atoms with Crippen molar-refractivity contribution in [1.29, 1.82) is 0 Å². The molecule has 0 aliphatic carbocycles. The number of nitrogens with one attached hydrogen (secondary N) is 1. The molecule has 0 spiro atoms. The van der Waals surface area contributed by atoms with Crippen LogP contribution in [0.25, 0.3) is 0 Å². The van der Waals surface area contributed by atoms with E-state index in [4.69, 9.17) is 9.84 Å². The Balaban J connectivity index is 1.86. The summed E-state index contributed by atoms with van der Waals surface area (Å²) in [7, 11) is 0. The quantitative estimate of drug-likeness (QED) is 0.828. The Bertz CT molecular complexity index is 495. The monoisotopic (exact) mass is 293 g/mol. The maximum Gasteiger partial charge on any atom is 0.223 e. The fourth-order valence-electron chi connectivity index (χ4n) is 2.07. The summed E-state index contributed by atoms with van der Waals surface area (Å²) in [5.74, 6) is 6.12. The molecule has 1 fully saturated rings. The van der Waals surface area contributed by atoms with Crippen molar-refractivity contribution in [2.75, 3.05) is 19.8 Å². The highest BCUT2D eigenvalue weighted by atomic mass is 32.1. The third-order valence-electron chi connectivity index (χ3n) is 3.22. The van der Waals surface area contributed by atoms with Gasteiger partial charge in [-0.2, -0.15) is 0 Å². The van der Waals surface area contributed by atoms with Crippen LogP contribution < -0.4 is 5.32 Å². The van der Waals surface area contributed by atoms with E-state index in [1.165, 1.54) is 0 Å². The molecule has 2 N–H and O–H groups in total. The lowest BCUT2D eigenvalue weighted by Gasteiger charge is -2.21. The first-order chi connectivity index (χ1) is 9.81. The van der Waals surface area contributed by atoms with E-state index in [9.17, 15) is 4.79 Å². The van der Waals surface area contributed by atoms with Crippen molar-refractivity contribution in [3.8, 4) is 11.8 Å². The lowest BCUT2D eigenvalue weighted by Crippen LogP contribution is -2.33. The van der Waals surface area contributed by atoms with Gasteiger partial charge in [0.2, 0.25) is 5.91 Å². The number of carbonyl (C=O) groups is 1. The van der Waals surface area contributed by atoms with Crippen LogP contribution in [0.3, 0.4) is 0 Å². The Morgan fingerprint density at radius 3 is 3.05 bits per heavy atom. The fourth-order valence-corrected chi connectivity index (χ4v) is 2.84. The first-order valence-corrected chi connectivity index (χ1v) is 7.71. The molecule has 1 aromatic heterocycles. The molecule has 1 amide bonds. The van der Waals surface area contributed by atoms with Gasteiger partial charge in [-0.1, -0.05) is 11.8 Å². The lowest BCUT2D eigenvalue weighted by atomic mass is 9.99. The average molecular weight is 293 g/mol. The number of ether oxygens (including phenoxy) is 1. The van der Waals surface area contributed by atoms with E-state index in [0.29, 0.717) is 26.2 Å². The van der Waals surface area contributed by atoms with Crippen molar-refractivity contribution in [1.82, 2.24) is 5.32 Å². The molecule has 5 heteroatoms. The molecule has 1 saturated heterocycles. The van der Waals surface area contributed by atoms with E-state index in [2.05, 4.69) is 17.2 Å². The summed E-state index contributed by atoms with van der Waals surface area (Å²) in [6, 6.07) is 1.95. The van der Waals surface area contributed by atoms with Gasteiger partial charge >= 0.3 is 0 Å².